The second-order valence-electron chi connectivity index (χ2n) is 12.5. The average Bonchev–Trinajstić information content (AvgIpc) is 3.24. The van der Waals surface area contributed by atoms with Crippen LogP contribution in [-0.4, -0.2) is 62.1 Å². The van der Waals surface area contributed by atoms with Gasteiger partial charge in [0, 0.05) is 30.6 Å². The van der Waals surface area contributed by atoms with Crippen LogP contribution in [0.4, 0.5) is 15.3 Å². The minimum absolute atomic E-state index is 0.0630. The molecule has 0 bridgehead atoms. The molecular formula is C32H40N4O7S. The number of hydrogen-bond acceptors (Lipinski definition) is 8. The van der Waals surface area contributed by atoms with Crippen LogP contribution in [0.1, 0.15) is 54.0 Å². The SMILES string of the molecule is CCNS(=O)(=O)c1cccc(-c2cc(N(C)C(=O)OC(C)(C)C)c(OC)c3c2c2cc(C)cnc2n3C(=O)OC(C)(C)C)c1. The number of carbonyl (C=O) groups is 2. The van der Waals surface area contributed by atoms with Crippen molar-refractivity contribution in [3.05, 3.63) is 48.2 Å². The van der Waals surface area contributed by atoms with Crippen LogP contribution in [0, 0.1) is 6.92 Å². The lowest BCUT2D eigenvalue weighted by molar-refractivity contribution is 0.0548. The smallest absolute Gasteiger partial charge is 0.420 e. The van der Waals surface area contributed by atoms with E-state index in [4.69, 9.17) is 14.2 Å². The van der Waals surface area contributed by atoms with Crippen molar-refractivity contribution in [2.45, 2.75) is 71.5 Å². The van der Waals surface area contributed by atoms with Crippen LogP contribution in [0.5, 0.6) is 5.75 Å². The fraction of sp³-hybridized carbons (Fsp3) is 0.406. The number of sulfonamides is 1. The van der Waals surface area contributed by atoms with Gasteiger partial charge in [0.15, 0.2) is 11.4 Å². The lowest BCUT2D eigenvalue weighted by atomic mass is 9.97. The molecule has 0 fully saturated rings. The van der Waals surface area contributed by atoms with Crippen molar-refractivity contribution in [1.82, 2.24) is 14.3 Å². The van der Waals surface area contributed by atoms with E-state index in [1.807, 2.05) is 13.0 Å². The molecular weight excluding hydrogens is 584 g/mol. The monoisotopic (exact) mass is 624 g/mol. The van der Waals surface area contributed by atoms with Crippen LogP contribution < -0.4 is 14.4 Å². The van der Waals surface area contributed by atoms with Gasteiger partial charge in [-0.1, -0.05) is 19.1 Å². The van der Waals surface area contributed by atoms with Crippen molar-refractivity contribution >= 4 is 49.8 Å². The first kappa shape index (κ1) is 32.7. The van der Waals surface area contributed by atoms with Crippen molar-refractivity contribution in [3.63, 3.8) is 0 Å². The van der Waals surface area contributed by atoms with Gasteiger partial charge in [-0.15, -0.1) is 0 Å². The van der Waals surface area contributed by atoms with E-state index in [0.29, 0.717) is 33.1 Å². The molecule has 0 aliphatic carbocycles. The first-order valence-corrected chi connectivity index (χ1v) is 15.7. The zero-order valence-corrected chi connectivity index (χ0v) is 27.7. The van der Waals surface area contributed by atoms with E-state index in [1.165, 1.54) is 29.7 Å². The van der Waals surface area contributed by atoms with Crippen LogP contribution in [-0.2, 0) is 19.5 Å². The summed E-state index contributed by atoms with van der Waals surface area (Å²) < 4.78 is 47.2. The number of rotatable bonds is 6. The highest BCUT2D eigenvalue weighted by Crippen LogP contribution is 2.47. The van der Waals surface area contributed by atoms with Crippen molar-refractivity contribution in [3.8, 4) is 16.9 Å². The van der Waals surface area contributed by atoms with E-state index in [-0.39, 0.29) is 22.9 Å². The highest BCUT2D eigenvalue weighted by Gasteiger charge is 2.32. The fourth-order valence-electron chi connectivity index (χ4n) is 4.85. The Bertz CT molecular complexity index is 1870. The summed E-state index contributed by atoms with van der Waals surface area (Å²) in [6.45, 7) is 14.4. The van der Waals surface area contributed by atoms with E-state index in [9.17, 15) is 18.0 Å². The normalized spacial score (nSPS) is 12.4. The van der Waals surface area contributed by atoms with E-state index in [1.54, 1.807) is 78.9 Å². The van der Waals surface area contributed by atoms with E-state index in [2.05, 4.69) is 9.71 Å². The molecule has 4 aromatic rings. The van der Waals surface area contributed by atoms with Crippen LogP contribution in [0.2, 0.25) is 0 Å². The first-order chi connectivity index (χ1) is 20.4. The first-order valence-electron chi connectivity index (χ1n) is 14.2. The third-order valence-corrected chi connectivity index (χ3v) is 8.08. The van der Waals surface area contributed by atoms with E-state index in [0.717, 1.165) is 5.56 Å². The maximum atomic E-state index is 13.9. The number of methoxy groups -OCH3 is 1. The van der Waals surface area contributed by atoms with Gasteiger partial charge in [-0.2, -0.15) is 0 Å². The van der Waals surface area contributed by atoms with Gasteiger partial charge < -0.3 is 14.2 Å². The number of hydrogen-bond donors (Lipinski definition) is 1. The van der Waals surface area contributed by atoms with Gasteiger partial charge in [0.05, 0.1) is 17.7 Å². The molecule has 0 unspecified atom stereocenters. The molecule has 0 aliphatic rings. The number of nitrogens with one attached hydrogen (secondary N) is 1. The molecule has 2 heterocycles. The number of fused-ring (bicyclic) bond motifs is 3. The number of aryl methyl sites for hydroxylation is 1. The zero-order chi connectivity index (χ0) is 32.8. The molecule has 11 nitrogen and oxygen atoms in total. The summed E-state index contributed by atoms with van der Waals surface area (Å²) in [6, 6.07) is 10.1. The Morgan fingerprint density at radius 2 is 1.68 bits per heavy atom. The maximum Gasteiger partial charge on any atom is 0.420 e. The molecule has 0 saturated carbocycles. The summed E-state index contributed by atoms with van der Waals surface area (Å²) in [5.41, 5.74) is 1.19. The van der Waals surface area contributed by atoms with Crippen LogP contribution in [0.25, 0.3) is 33.1 Å². The molecule has 0 aliphatic heterocycles. The summed E-state index contributed by atoms with van der Waals surface area (Å²) in [5, 5.41) is 1.18. The molecule has 1 amide bonds. The molecule has 1 N–H and O–H groups in total. The Balaban J connectivity index is 2.20. The van der Waals surface area contributed by atoms with Crippen molar-refractivity contribution in [1.29, 1.82) is 0 Å². The van der Waals surface area contributed by atoms with Gasteiger partial charge in [-0.25, -0.2) is 32.3 Å². The Labute approximate surface area is 258 Å². The number of amides is 1. The molecule has 236 valence electrons. The van der Waals surface area contributed by atoms with Crippen LogP contribution in [0.15, 0.2) is 47.5 Å². The highest BCUT2D eigenvalue weighted by atomic mass is 32.2. The number of aromatic nitrogens is 2. The summed E-state index contributed by atoms with van der Waals surface area (Å²) >= 11 is 0. The molecule has 12 heteroatoms. The van der Waals surface area contributed by atoms with Gasteiger partial charge in [-0.05, 0) is 89.4 Å². The number of pyridine rings is 1. The highest BCUT2D eigenvalue weighted by molar-refractivity contribution is 7.89. The van der Waals surface area contributed by atoms with Crippen LogP contribution in [0.3, 0.4) is 0 Å². The quantitative estimate of drug-likeness (QED) is 0.253. The minimum atomic E-state index is -3.80. The lowest BCUT2D eigenvalue weighted by Gasteiger charge is -2.27. The molecule has 0 atom stereocenters. The Morgan fingerprint density at radius 3 is 2.27 bits per heavy atom. The lowest BCUT2D eigenvalue weighted by Crippen LogP contribution is -2.34. The van der Waals surface area contributed by atoms with Gasteiger partial charge >= 0.3 is 12.2 Å². The van der Waals surface area contributed by atoms with Crippen LogP contribution >= 0.6 is 0 Å². The third-order valence-electron chi connectivity index (χ3n) is 6.54. The summed E-state index contributed by atoms with van der Waals surface area (Å²) in [4.78, 5) is 33.2. The van der Waals surface area contributed by atoms with Gasteiger partial charge in [-0.3, -0.25) is 4.90 Å². The van der Waals surface area contributed by atoms with Gasteiger partial charge in [0.1, 0.15) is 16.7 Å². The van der Waals surface area contributed by atoms with Gasteiger partial charge in [0.25, 0.3) is 0 Å². The Morgan fingerprint density at radius 1 is 1.02 bits per heavy atom. The molecule has 2 aromatic heterocycles. The standard InChI is InChI=1S/C32H40N4O7S/c1-11-34-44(39,40)21-14-12-13-20(16-21)22-17-24(35(9)29(37)42-31(3,4)5)27(41-10)26-25(22)23-15-19(2)18-33-28(23)36(26)30(38)43-32(6,7)8/h12-18,34H,11H2,1-10H3. The minimum Gasteiger partial charge on any atom is -0.492 e. The molecule has 0 saturated heterocycles. The summed E-state index contributed by atoms with van der Waals surface area (Å²) in [7, 11) is -0.813. The number of carbonyl (C=O) groups excluding carboxylic acids is 2. The number of benzene rings is 2. The van der Waals surface area contributed by atoms with Crippen molar-refractivity contribution in [2.24, 2.45) is 0 Å². The second kappa shape index (κ2) is 11.7. The Hall–Kier alpha value is -4.16. The molecule has 44 heavy (non-hydrogen) atoms. The molecule has 0 spiro atoms. The predicted octanol–water partition coefficient (Wildman–Crippen LogP) is 6.63. The number of ether oxygens (including phenoxy) is 3. The molecule has 2 aromatic carbocycles. The topological polar surface area (TPSA) is 129 Å². The maximum absolute atomic E-state index is 13.9. The van der Waals surface area contributed by atoms with Gasteiger partial charge in [0.2, 0.25) is 10.0 Å². The summed E-state index contributed by atoms with van der Waals surface area (Å²) in [5.74, 6) is 0.204. The van der Waals surface area contributed by atoms with E-state index >= 15 is 0 Å². The zero-order valence-electron chi connectivity index (χ0n) is 26.9. The van der Waals surface area contributed by atoms with E-state index < -0.39 is 33.4 Å². The molecule has 4 rings (SSSR count). The second-order valence-corrected chi connectivity index (χ2v) is 14.2. The fourth-order valence-corrected chi connectivity index (χ4v) is 5.94. The molecule has 0 radical (unpaired) electrons. The van der Waals surface area contributed by atoms with Crippen molar-refractivity contribution in [2.75, 3.05) is 25.6 Å². The predicted molar refractivity (Wildman–Crippen MR) is 171 cm³/mol. The average molecular weight is 625 g/mol. The van der Waals surface area contributed by atoms with Crippen molar-refractivity contribution < 1.29 is 32.2 Å². The number of nitrogens with zero attached hydrogens (tertiary/aromatic N) is 3. The third kappa shape index (κ3) is 6.51. The number of anilines is 1. The Kier molecular flexibility index (Phi) is 8.73. The summed E-state index contributed by atoms with van der Waals surface area (Å²) in [6.07, 6.45) is 0.295. The largest absolute Gasteiger partial charge is 0.492 e.